The predicted molar refractivity (Wildman–Crippen MR) is 88.2 cm³/mol. The summed E-state index contributed by atoms with van der Waals surface area (Å²) in [6.07, 6.45) is 5.01. The lowest BCUT2D eigenvalue weighted by Crippen LogP contribution is -2.58. The molecule has 0 amide bonds. The number of morpholine rings is 1. The van der Waals surface area contributed by atoms with Crippen molar-refractivity contribution in [2.24, 2.45) is 0 Å². The Labute approximate surface area is 133 Å². The summed E-state index contributed by atoms with van der Waals surface area (Å²) in [5.41, 5.74) is 3.06. The summed E-state index contributed by atoms with van der Waals surface area (Å²) in [5, 5.41) is 0. The van der Waals surface area contributed by atoms with Gasteiger partial charge in [-0.25, -0.2) is 0 Å². The second-order valence-corrected chi connectivity index (χ2v) is 6.58. The first-order chi connectivity index (χ1) is 10.6. The maximum Gasteiger partial charge on any atom is 0.183 e. The molecule has 1 atom stereocenters. The molecular formula is C19H25NO2. The minimum Gasteiger partial charge on any atom is -0.379 e. The highest BCUT2D eigenvalue weighted by molar-refractivity contribution is 6.03. The number of carbonyl (C=O) groups excluding carboxylic acids is 1. The van der Waals surface area contributed by atoms with Crippen molar-refractivity contribution in [1.29, 1.82) is 0 Å². The van der Waals surface area contributed by atoms with E-state index in [9.17, 15) is 4.79 Å². The average molecular weight is 299 g/mol. The summed E-state index contributed by atoms with van der Waals surface area (Å²) in [7, 11) is 0. The van der Waals surface area contributed by atoms with E-state index >= 15 is 0 Å². The zero-order chi connectivity index (χ0) is 15.6. The summed E-state index contributed by atoms with van der Waals surface area (Å²) < 4.78 is 5.49. The summed E-state index contributed by atoms with van der Waals surface area (Å²) in [4.78, 5) is 15.7. The Kier molecular flexibility index (Phi) is 4.46. The topological polar surface area (TPSA) is 29.5 Å². The molecule has 3 rings (SSSR count). The Hall–Kier alpha value is -1.45. The Morgan fingerprint density at radius 1 is 1.14 bits per heavy atom. The van der Waals surface area contributed by atoms with Crippen molar-refractivity contribution >= 4 is 5.78 Å². The number of aryl methyl sites for hydroxylation is 1. The molecule has 0 radical (unpaired) electrons. The largest absolute Gasteiger partial charge is 0.379 e. The molecule has 0 spiro atoms. The van der Waals surface area contributed by atoms with E-state index in [4.69, 9.17) is 4.74 Å². The van der Waals surface area contributed by atoms with Gasteiger partial charge >= 0.3 is 0 Å². The molecule has 0 saturated carbocycles. The van der Waals surface area contributed by atoms with Gasteiger partial charge in [-0.3, -0.25) is 9.69 Å². The van der Waals surface area contributed by atoms with Crippen LogP contribution in [0.25, 0.3) is 0 Å². The van der Waals surface area contributed by atoms with Crippen LogP contribution in [0, 0.1) is 6.92 Å². The van der Waals surface area contributed by atoms with Crippen LogP contribution in [0.2, 0.25) is 0 Å². The Morgan fingerprint density at radius 3 is 2.41 bits per heavy atom. The molecule has 1 fully saturated rings. The van der Waals surface area contributed by atoms with E-state index in [1.165, 1.54) is 11.1 Å². The highest BCUT2D eigenvalue weighted by Crippen LogP contribution is 2.36. The van der Waals surface area contributed by atoms with Crippen molar-refractivity contribution < 1.29 is 9.53 Å². The lowest BCUT2D eigenvalue weighted by atomic mass is 9.75. The number of Topliss-reactive ketones (excluding diaryl/α,β-unsaturated/α-hetero) is 1. The molecule has 1 unspecified atom stereocenters. The monoisotopic (exact) mass is 299 g/mol. The molecule has 3 nitrogen and oxygen atoms in total. The number of ether oxygens (including phenoxy) is 1. The van der Waals surface area contributed by atoms with E-state index in [1.54, 1.807) is 0 Å². The van der Waals surface area contributed by atoms with Crippen molar-refractivity contribution in [3.8, 4) is 0 Å². The normalized spacial score (nSPS) is 26.5. The van der Waals surface area contributed by atoms with E-state index in [1.807, 2.05) is 24.3 Å². The number of rotatable bonds is 3. The summed E-state index contributed by atoms with van der Waals surface area (Å²) >= 11 is 0. The van der Waals surface area contributed by atoms with Gasteiger partial charge in [-0.15, -0.1) is 0 Å². The molecule has 3 heteroatoms. The van der Waals surface area contributed by atoms with Crippen molar-refractivity contribution in [1.82, 2.24) is 4.90 Å². The lowest BCUT2D eigenvalue weighted by Gasteiger charge is -2.46. The minimum absolute atomic E-state index is 0.276. The second kappa shape index (κ2) is 6.35. The van der Waals surface area contributed by atoms with Gasteiger partial charge in [0.2, 0.25) is 0 Å². The molecule has 1 aromatic carbocycles. The van der Waals surface area contributed by atoms with Crippen LogP contribution in [0.3, 0.4) is 0 Å². The van der Waals surface area contributed by atoms with E-state index < -0.39 is 0 Å². The van der Waals surface area contributed by atoms with Crippen LogP contribution in [-0.2, 0) is 4.74 Å². The summed E-state index contributed by atoms with van der Waals surface area (Å²) in [6, 6.07) is 8.02. The third kappa shape index (κ3) is 2.88. The number of ketones is 1. The number of carbonyl (C=O) groups is 1. The molecule has 0 aromatic heterocycles. The van der Waals surface area contributed by atoms with E-state index in [0.29, 0.717) is 0 Å². The Balaban J connectivity index is 1.94. The van der Waals surface area contributed by atoms with E-state index in [2.05, 4.69) is 24.8 Å². The molecule has 0 bridgehead atoms. The fourth-order valence-corrected chi connectivity index (χ4v) is 3.55. The predicted octanol–water partition coefficient (Wildman–Crippen LogP) is 3.38. The van der Waals surface area contributed by atoms with Crippen LogP contribution >= 0.6 is 0 Å². The molecule has 1 aromatic rings. The van der Waals surface area contributed by atoms with Gasteiger partial charge in [-0.05, 0) is 33.1 Å². The van der Waals surface area contributed by atoms with Gasteiger partial charge in [0.15, 0.2) is 5.78 Å². The van der Waals surface area contributed by atoms with Gasteiger partial charge in [0.25, 0.3) is 0 Å². The van der Waals surface area contributed by atoms with Gasteiger partial charge in [0.05, 0.1) is 18.8 Å². The van der Waals surface area contributed by atoms with Crippen molar-refractivity contribution in [3.63, 3.8) is 0 Å². The van der Waals surface area contributed by atoms with Gasteiger partial charge in [0, 0.05) is 18.7 Å². The van der Waals surface area contributed by atoms with Crippen LogP contribution in [0.15, 0.2) is 35.9 Å². The standard InChI is InChI=1S/C19H25NO2/c1-15-3-5-17(6-4-15)18(21)19(9-7-16(2)8-10-19)20-11-13-22-14-12-20/h3-7H,8-14H2,1-2H3. The van der Waals surface area contributed by atoms with Crippen LogP contribution in [0.1, 0.15) is 42.1 Å². The zero-order valence-electron chi connectivity index (χ0n) is 13.6. The molecule has 2 aliphatic rings. The Morgan fingerprint density at radius 2 is 1.82 bits per heavy atom. The zero-order valence-corrected chi connectivity index (χ0v) is 13.6. The summed E-state index contributed by atoms with van der Waals surface area (Å²) in [5.74, 6) is 0.276. The van der Waals surface area contributed by atoms with Gasteiger partial charge in [-0.1, -0.05) is 41.5 Å². The average Bonchev–Trinajstić information content (AvgIpc) is 2.57. The first-order valence-electron chi connectivity index (χ1n) is 8.22. The second-order valence-electron chi connectivity index (χ2n) is 6.58. The Bertz CT molecular complexity index is 570. The third-order valence-electron chi connectivity index (χ3n) is 5.07. The van der Waals surface area contributed by atoms with Crippen LogP contribution < -0.4 is 0 Å². The molecule has 22 heavy (non-hydrogen) atoms. The van der Waals surface area contributed by atoms with Crippen LogP contribution in [0.4, 0.5) is 0 Å². The molecular weight excluding hydrogens is 274 g/mol. The highest BCUT2D eigenvalue weighted by atomic mass is 16.5. The minimum atomic E-state index is -0.376. The molecule has 1 saturated heterocycles. The maximum atomic E-state index is 13.3. The number of benzene rings is 1. The number of hydrogen-bond donors (Lipinski definition) is 0. The van der Waals surface area contributed by atoms with E-state index in [0.717, 1.165) is 51.1 Å². The molecule has 1 aliphatic heterocycles. The molecule has 1 aliphatic carbocycles. The number of hydrogen-bond acceptors (Lipinski definition) is 3. The number of nitrogens with zero attached hydrogens (tertiary/aromatic N) is 1. The smallest absolute Gasteiger partial charge is 0.183 e. The fraction of sp³-hybridized carbons (Fsp3) is 0.526. The summed E-state index contributed by atoms with van der Waals surface area (Å²) in [6.45, 7) is 7.38. The van der Waals surface area contributed by atoms with Crippen molar-refractivity contribution in [2.45, 2.75) is 38.6 Å². The molecule has 118 valence electrons. The fourth-order valence-electron chi connectivity index (χ4n) is 3.55. The SMILES string of the molecule is CC1=CCC(C(=O)c2ccc(C)cc2)(N2CCOCC2)CC1. The van der Waals surface area contributed by atoms with Gasteiger partial charge in [0.1, 0.15) is 0 Å². The quantitative estimate of drug-likeness (QED) is 0.633. The van der Waals surface area contributed by atoms with E-state index in [-0.39, 0.29) is 11.3 Å². The first-order valence-corrected chi connectivity index (χ1v) is 8.22. The first kappa shape index (κ1) is 15.4. The van der Waals surface area contributed by atoms with Crippen molar-refractivity contribution in [3.05, 3.63) is 47.0 Å². The van der Waals surface area contributed by atoms with Crippen LogP contribution in [-0.4, -0.2) is 42.5 Å². The lowest BCUT2D eigenvalue weighted by molar-refractivity contribution is -0.0181. The highest BCUT2D eigenvalue weighted by Gasteiger charge is 2.44. The van der Waals surface area contributed by atoms with Gasteiger partial charge in [-0.2, -0.15) is 0 Å². The van der Waals surface area contributed by atoms with Gasteiger partial charge < -0.3 is 4.74 Å². The number of allylic oxidation sites excluding steroid dienone is 1. The maximum absolute atomic E-state index is 13.3. The molecule has 0 N–H and O–H groups in total. The third-order valence-corrected chi connectivity index (χ3v) is 5.07. The van der Waals surface area contributed by atoms with Crippen molar-refractivity contribution in [2.75, 3.05) is 26.3 Å². The molecule has 1 heterocycles. The van der Waals surface area contributed by atoms with Crippen LogP contribution in [0.5, 0.6) is 0 Å².